The van der Waals surface area contributed by atoms with E-state index in [1.54, 1.807) is 0 Å². The van der Waals surface area contributed by atoms with Crippen molar-refractivity contribution in [2.75, 3.05) is 5.32 Å². The summed E-state index contributed by atoms with van der Waals surface area (Å²) in [6.45, 7) is 2.32. The largest absolute Gasteiger partial charge is 0.382 e. The van der Waals surface area contributed by atoms with Crippen molar-refractivity contribution >= 4 is 32.4 Å². The van der Waals surface area contributed by atoms with E-state index in [1.165, 1.54) is 29.3 Å². The molecule has 3 rings (SSSR count). The first-order valence-electron chi connectivity index (χ1n) is 6.16. The van der Waals surface area contributed by atoms with Gasteiger partial charge in [0.15, 0.2) is 0 Å². The Labute approximate surface area is 110 Å². The Bertz CT molecular complexity index is 544. The van der Waals surface area contributed by atoms with Gasteiger partial charge in [0.05, 0.1) is 0 Å². The average Bonchev–Trinajstić information content (AvgIpc) is 2.27. The van der Waals surface area contributed by atoms with Crippen LogP contribution < -0.4 is 5.32 Å². The van der Waals surface area contributed by atoms with Crippen LogP contribution >= 0.6 is 15.9 Å². The van der Waals surface area contributed by atoms with Crippen LogP contribution in [-0.2, 0) is 0 Å². The smallest absolute Gasteiger partial charge is 0.0348 e. The Kier molecular flexibility index (Phi) is 2.83. The Morgan fingerprint density at radius 2 is 1.76 bits per heavy atom. The summed E-state index contributed by atoms with van der Waals surface area (Å²) in [6.07, 6.45) is 2.61. The van der Waals surface area contributed by atoms with E-state index in [4.69, 9.17) is 0 Å². The van der Waals surface area contributed by atoms with Crippen LogP contribution in [0, 0.1) is 5.92 Å². The van der Waals surface area contributed by atoms with Crippen LogP contribution in [-0.4, -0.2) is 6.04 Å². The maximum Gasteiger partial charge on any atom is 0.0348 e. The fourth-order valence-corrected chi connectivity index (χ4v) is 2.94. The number of hydrogen-bond donors (Lipinski definition) is 1. The van der Waals surface area contributed by atoms with Crippen molar-refractivity contribution < 1.29 is 0 Å². The molecule has 0 aromatic heterocycles. The lowest BCUT2D eigenvalue weighted by Gasteiger charge is -2.34. The van der Waals surface area contributed by atoms with E-state index in [1.807, 2.05) is 0 Å². The summed E-state index contributed by atoms with van der Waals surface area (Å²) in [4.78, 5) is 0. The molecule has 1 saturated carbocycles. The fraction of sp³-hybridized carbons (Fsp3) is 0.333. The Morgan fingerprint density at radius 3 is 2.53 bits per heavy atom. The molecule has 1 fully saturated rings. The molecule has 2 aromatic carbocycles. The maximum absolute atomic E-state index is 3.60. The second kappa shape index (κ2) is 4.34. The van der Waals surface area contributed by atoms with Gasteiger partial charge in [-0.1, -0.05) is 35.0 Å². The molecule has 1 aliphatic carbocycles. The van der Waals surface area contributed by atoms with Crippen molar-refractivity contribution in [3.63, 3.8) is 0 Å². The van der Waals surface area contributed by atoms with Crippen LogP contribution in [0.15, 0.2) is 40.9 Å². The normalized spacial score (nSPS) is 23.4. The van der Waals surface area contributed by atoms with Crippen molar-refractivity contribution in [1.82, 2.24) is 0 Å². The number of anilines is 1. The molecule has 1 N–H and O–H groups in total. The minimum atomic E-state index is 0.679. The molecule has 0 bridgehead atoms. The molecular weight excluding hydrogens is 274 g/mol. The fourth-order valence-electron chi connectivity index (χ4n) is 2.56. The maximum atomic E-state index is 3.60. The second-order valence-electron chi connectivity index (χ2n) is 5.12. The highest BCUT2D eigenvalue weighted by atomic mass is 79.9. The predicted molar refractivity (Wildman–Crippen MR) is 77.5 cm³/mol. The molecule has 0 heterocycles. The second-order valence-corrected chi connectivity index (χ2v) is 6.04. The van der Waals surface area contributed by atoms with Gasteiger partial charge in [0.2, 0.25) is 0 Å². The van der Waals surface area contributed by atoms with Crippen molar-refractivity contribution in [2.45, 2.75) is 25.8 Å². The molecule has 88 valence electrons. The highest BCUT2D eigenvalue weighted by Gasteiger charge is 2.24. The molecule has 1 nitrogen and oxygen atoms in total. The highest BCUT2D eigenvalue weighted by Crippen LogP contribution is 2.30. The molecule has 2 heteroatoms. The molecule has 17 heavy (non-hydrogen) atoms. The summed E-state index contributed by atoms with van der Waals surface area (Å²) in [5, 5.41) is 6.18. The Hall–Kier alpha value is -1.02. The van der Waals surface area contributed by atoms with Gasteiger partial charge in [-0.2, -0.15) is 0 Å². The van der Waals surface area contributed by atoms with E-state index >= 15 is 0 Å². The molecule has 0 aliphatic heterocycles. The number of rotatable bonds is 2. The number of halogens is 1. The van der Waals surface area contributed by atoms with Gasteiger partial charge in [-0.25, -0.2) is 0 Å². The molecule has 0 radical (unpaired) electrons. The zero-order valence-electron chi connectivity index (χ0n) is 9.91. The van der Waals surface area contributed by atoms with E-state index in [2.05, 4.69) is 64.6 Å². The topological polar surface area (TPSA) is 12.0 Å². The summed E-state index contributed by atoms with van der Waals surface area (Å²) in [5.74, 6) is 0.893. The van der Waals surface area contributed by atoms with Crippen LogP contribution in [0.1, 0.15) is 19.8 Å². The molecule has 2 aromatic rings. The van der Waals surface area contributed by atoms with E-state index in [-0.39, 0.29) is 0 Å². The van der Waals surface area contributed by atoms with E-state index in [9.17, 15) is 0 Å². The van der Waals surface area contributed by atoms with Crippen LogP contribution in [0.4, 0.5) is 5.69 Å². The monoisotopic (exact) mass is 289 g/mol. The lowest BCUT2D eigenvalue weighted by Crippen LogP contribution is -2.33. The van der Waals surface area contributed by atoms with Gasteiger partial charge in [0.1, 0.15) is 0 Å². The zero-order chi connectivity index (χ0) is 11.8. The lowest BCUT2D eigenvalue weighted by atomic mass is 9.82. The molecule has 0 saturated heterocycles. The summed E-state index contributed by atoms with van der Waals surface area (Å²) < 4.78 is 1.14. The van der Waals surface area contributed by atoms with Gasteiger partial charge >= 0.3 is 0 Å². The molecule has 1 aliphatic rings. The average molecular weight is 290 g/mol. The summed E-state index contributed by atoms with van der Waals surface area (Å²) in [7, 11) is 0. The van der Waals surface area contributed by atoms with Gasteiger partial charge in [0.25, 0.3) is 0 Å². The first kappa shape index (κ1) is 11.1. The zero-order valence-corrected chi connectivity index (χ0v) is 11.5. The molecule has 0 spiro atoms. The first-order valence-corrected chi connectivity index (χ1v) is 6.96. The van der Waals surface area contributed by atoms with Gasteiger partial charge in [0, 0.05) is 16.2 Å². The Balaban J connectivity index is 1.84. The minimum Gasteiger partial charge on any atom is -0.382 e. The number of nitrogens with one attached hydrogen (secondary N) is 1. The van der Waals surface area contributed by atoms with Crippen molar-refractivity contribution in [1.29, 1.82) is 0 Å². The number of hydrogen-bond acceptors (Lipinski definition) is 1. The van der Waals surface area contributed by atoms with Crippen molar-refractivity contribution in [3.8, 4) is 0 Å². The number of fused-ring (bicyclic) bond motifs is 1. The Morgan fingerprint density at radius 1 is 1.06 bits per heavy atom. The third-order valence-electron chi connectivity index (χ3n) is 3.55. The minimum absolute atomic E-state index is 0.679. The standard InChI is InChI=1S/C15H16BrN/c1-10-6-15(7-10)17-14-5-3-11-8-13(16)4-2-12(11)9-14/h2-5,8-10,15,17H,6-7H2,1H3. The van der Waals surface area contributed by atoms with Gasteiger partial charge < -0.3 is 5.32 Å². The number of benzene rings is 2. The molecular formula is C15H16BrN. The summed E-state index contributed by atoms with van der Waals surface area (Å²) in [6, 6.07) is 13.7. The van der Waals surface area contributed by atoms with Crippen molar-refractivity contribution in [3.05, 3.63) is 40.9 Å². The van der Waals surface area contributed by atoms with E-state index < -0.39 is 0 Å². The van der Waals surface area contributed by atoms with Crippen LogP contribution in [0.5, 0.6) is 0 Å². The lowest BCUT2D eigenvalue weighted by molar-refractivity contribution is 0.309. The summed E-state index contributed by atoms with van der Waals surface area (Å²) in [5.41, 5.74) is 1.25. The van der Waals surface area contributed by atoms with E-state index in [0.717, 1.165) is 10.4 Å². The highest BCUT2D eigenvalue weighted by molar-refractivity contribution is 9.10. The SMILES string of the molecule is CC1CC(Nc2ccc3cc(Br)ccc3c2)C1. The third kappa shape index (κ3) is 2.32. The predicted octanol–water partition coefficient (Wildman–Crippen LogP) is 4.81. The van der Waals surface area contributed by atoms with Gasteiger partial charge in [-0.3, -0.25) is 0 Å². The first-order chi connectivity index (χ1) is 8.20. The molecule has 0 amide bonds. The van der Waals surface area contributed by atoms with Gasteiger partial charge in [-0.15, -0.1) is 0 Å². The van der Waals surface area contributed by atoms with Crippen LogP contribution in [0.2, 0.25) is 0 Å². The third-order valence-corrected chi connectivity index (χ3v) is 4.04. The molecule has 0 unspecified atom stereocenters. The van der Waals surface area contributed by atoms with Crippen molar-refractivity contribution in [2.24, 2.45) is 5.92 Å². The van der Waals surface area contributed by atoms with Crippen LogP contribution in [0.3, 0.4) is 0 Å². The summed E-state index contributed by atoms with van der Waals surface area (Å²) >= 11 is 3.50. The molecule has 0 atom stereocenters. The van der Waals surface area contributed by atoms with Gasteiger partial charge in [-0.05, 0) is 53.8 Å². The quantitative estimate of drug-likeness (QED) is 0.836. The van der Waals surface area contributed by atoms with E-state index in [0.29, 0.717) is 6.04 Å². The van der Waals surface area contributed by atoms with Crippen LogP contribution in [0.25, 0.3) is 10.8 Å².